The third kappa shape index (κ3) is 3.57. The van der Waals surface area contributed by atoms with E-state index in [-0.39, 0.29) is 0 Å². The normalized spacial score (nSPS) is 12.7. The Kier molecular flexibility index (Phi) is 4.59. The number of halogens is 1. The van der Waals surface area contributed by atoms with E-state index in [9.17, 15) is 5.11 Å². The van der Waals surface area contributed by atoms with E-state index >= 15 is 0 Å². The second-order valence-electron chi connectivity index (χ2n) is 4.89. The fourth-order valence-electron chi connectivity index (χ4n) is 2.11. The van der Waals surface area contributed by atoms with E-state index in [2.05, 4.69) is 11.0 Å². The van der Waals surface area contributed by atoms with Crippen LogP contribution in [0.2, 0.25) is 5.02 Å². The van der Waals surface area contributed by atoms with Crippen LogP contribution in [0.15, 0.2) is 48.5 Å². The van der Waals surface area contributed by atoms with Crippen LogP contribution in [0.3, 0.4) is 0 Å². The molecule has 0 bridgehead atoms. The molecule has 0 aromatic heterocycles. The van der Waals surface area contributed by atoms with Gasteiger partial charge in [-0.15, -0.1) is 0 Å². The summed E-state index contributed by atoms with van der Waals surface area (Å²) in [7, 11) is 4.04. The number of aliphatic hydroxyl groups excluding tert-OH is 1. The van der Waals surface area contributed by atoms with Gasteiger partial charge in [-0.05, 0) is 42.9 Å². The molecule has 0 fully saturated rings. The smallest absolute Gasteiger partial charge is 0.104 e. The standard InChI is InChI=1S/C16H18ClNO/c1-18(2)11-13-5-3-4-6-15(13)16(19)12-7-9-14(17)10-8-12/h3-10,16,19H,11H2,1-2H3/t16-/m1/s1. The molecule has 0 heterocycles. The van der Waals surface area contributed by atoms with Crippen LogP contribution in [0.25, 0.3) is 0 Å². The van der Waals surface area contributed by atoms with Crippen LogP contribution in [0, 0.1) is 0 Å². The second kappa shape index (κ2) is 6.20. The van der Waals surface area contributed by atoms with E-state index in [1.165, 1.54) is 0 Å². The molecule has 0 spiro atoms. The van der Waals surface area contributed by atoms with Gasteiger partial charge >= 0.3 is 0 Å². The highest BCUT2D eigenvalue weighted by Gasteiger charge is 2.14. The van der Waals surface area contributed by atoms with Crippen LogP contribution >= 0.6 is 11.6 Å². The lowest BCUT2D eigenvalue weighted by Crippen LogP contribution is -2.14. The van der Waals surface area contributed by atoms with E-state index < -0.39 is 6.10 Å². The molecule has 100 valence electrons. The number of hydrogen-bond donors (Lipinski definition) is 1. The highest BCUT2D eigenvalue weighted by molar-refractivity contribution is 6.30. The molecule has 0 aliphatic carbocycles. The molecular weight excluding hydrogens is 258 g/mol. The van der Waals surface area contributed by atoms with Crippen LogP contribution < -0.4 is 0 Å². The summed E-state index contributed by atoms with van der Waals surface area (Å²) in [4.78, 5) is 2.09. The topological polar surface area (TPSA) is 23.5 Å². The van der Waals surface area contributed by atoms with Crippen molar-refractivity contribution in [1.82, 2.24) is 4.90 Å². The summed E-state index contributed by atoms with van der Waals surface area (Å²) in [6.07, 6.45) is -0.617. The first-order valence-electron chi connectivity index (χ1n) is 6.24. The minimum Gasteiger partial charge on any atom is -0.384 e. The van der Waals surface area contributed by atoms with Crippen LogP contribution in [0.4, 0.5) is 0 Å². The zero-order valence-electron chi connectivity index (χ0n) is 11.2. The van der Waals surface area contributed by atoms with Crippen molar-refractivity contribution in [1.29, 1.82) is 0 Å². The van der Waals surface area contributed by atoms with Crippen molar-refractivity contribution in [2.45, 2.75) is 12.6 Å². The summed E-state index contributed by atoms with van der Waals surface area (Å²) >= 11 is 5.87. The Balaban J connectivity index is 2.32. The Labute approximate surface area is 119 Å². The Morgan fingerprint density at radius 3 is 2.32 bits per heavy atom. The molecule has 0 radical (unpaired) electrons. The van der Waals surface area contributed by atoms with Gasteiger partial charge in [0.2, 0.25) is 0 Å². The van der Waals surface area contributed by atoms with Gasteiger partial charge in [0.15, 0.2) is 0 Å². The largest absolute Gasteiger partial charge is 0.384 e. The maximum absolute atomic E-state index is 10.5. The molecule has 1 atom stereocenters. The predicted molar refractivity (Wildman–Crippen MR) is 79.3 cm³/mol. The number of aliphatic hydroxyl groups is 1. The summed E-state index contributed by atoms with van der Waals surface area (Å²) in [5.74, 6) is 0. The zero-order chi connectivity index (χ0) is 13.8. The molecule has 1 N–H and O–H groups in total. The number of rotatable bonds is 4. The molecule has 19 heavy (non-hydrogen) atoms. The van der Waals surface area contributed by atoms with Crippen LogP contribution in [0.5, 0.6) is 0 Å². The van der Waals surface area contributed by atoms with Crippen molar-refractivity contribution in [2.75, 3.05) is 14.1 Å². The Morgan fingerprint density at radius 1 is 1.05 bits per heavy atom. The van der Waals surface area contributed by atoms with Crippen LogP contribution in [-0.4, -0.2) is 24.1 Å². The number of benzene rings is 2. The molecule has 0 saturated heterocycles. The Hall–Kier alpha value is -1.35. The Bertz CT molecular complexity index is 537. The highest BCUT2D eigenvalue weighted by Crippen LogP contribution is 2.26. The van der Waals surface area contributed by atoms with Gasteiger partial charge in [-0.1, -0.05) is 48.0 Å². The van der Waals surface area contributed by atoms with Crippen molar-refractivity contribution in [3.05, 3.63) is 70.2 Å². The van der Waals surface area contributed by atoms with Crippen LogP contribution in [-0.2, 0) is 6.54 Å². The maximum atomic E-state index is 10.5. The van der Waals surface area contributed by atoms with Crippen molar-refractivity contribution < 1.29 is 5.11 Å². The first-order chi connectivity index (χ1) is 9.08. The van der Waals surface area contributed by atoms with E-state index in [4.69, 9.17) is 11.6 Å². The highest BCUT2D eigenvalue weighted by atomic mass is 35.5. The van der Waals surface area contributed by atoms with Gasteiger partial charge in [-0.25, -0.2) is 0 Å². The fraction of sp³-hybridized carbons (Fsp3) is 0.250. The molecule has 0 saturated carbocycles. The Morgan fingerprint density at radius 2 is 1.68 bits per heavy atom. The number of hydrogen-bond acceptors (Lipinski definition) is 2. The minimum absolute atomic E-state index is 0.617. The zero-order valence-corrected chi connectivity index (χ0v) is 11.9. The molecule has 2 aromatic rings. The molecule has 0 amide bonds. The van der Waals surface area contributed by atoms with Crippen molar-refractivity contribution in [3.63, 3.8) is 0 Å². The lowest BCUT2D eigenvalue weighted by Gasteiger charge is -2.18. The second-order valence-corrected chi connectivity index (χ2v) is 5.33. The van der Waals surface area contributed by atoms with Gasteiger partial charge in [-0.2, -0.15) is 0 Å². The lowest BCUT2D eigenvalue weighted by molar-refractivity contribution is 0.217. The third-order valence-electron chi connectivity index (χ3n) is 3.02. The van der Waals surface area contributed by atoms with Gasteiger partial charge in [0.1, 0.15) is 6.10 Å². The van der Waals surface area contributed by atoms with Crippen molar-refractivity contribution >= 4 is 11.6 Å². The van der Waals surface area contributed by atoms with E-state index in [1.807, 2.05) is 44.4 Å². The maximum Gasteiger partial charge on any atom is 0.104 e. The predicted octanol–water partition coefficient (Wildman–Crippen LogP) is 3.48. The SMILES string of the molecule is CN(C)Cc1ccccc1[C@H](O)c1ccc(Cl)cc1. The van der Waals surface area contributed by atoms with Gasteiger partial charge in [0.05, 0.1) is 0 Å². The lowest BCUT2D eigenvalue weighted by atomic mass is 9.96. The van der Waals surface area contributed by atoms with Gasteiger partial charge in [0.25, 0.3) is 0 Å². The summed E-state index contributed by atoms with van der Waals surface area (Å²) in [6, 6.07) is 15.3. The third-order valence-corrected chi connectivity index (χ3v) is 3.27. The molecule has 2 rings (SSSR count). The fourth-order valence-corrected chi connectivity index (χ4v) is 2.24. The van der Waals surface area contributed by atoms with E-state index in [1.54, 1.807) is 12.1 Å². The van der Waals surface area contributed by atoms with Crippen molar-refractivity contribution in [3.8, 4) is 0 Å². The molecule has 2 aromatic carbocycles. The minimum atomic E-state index is -0.617. The first kappa shape index (κ1) is 14.1. The van der Waals surface area contributed by atoms with Crippen LogP contribution in [0.1, 0.15) is 22.8 Å². The average Bonchev–Trinajstić information content (AvgIpc) is 2.39. The molecular formula is C16H18ClNO. The first-order valence-corrected chi connectivity index (χ1v) is 6.62. The quantitative estimate of drug-likeness (QED) is 0.923. The van der Waals surface area contributed by atoms with E-state index in [0.29, 0.717) is 5.02 Å². The van der Waals surface area contributed by atoms with Gasteiger partial charge in [0, 0.05) is 11.6 Å². The summed E-state index contributed by atoms with van der Waals surface area (Å²) < 4.78 is 0. The van der Waals surface area contributed by atoms with Crippen molar-refractivity contribution in [2.24, 2.45) is 0 Å². The summed E-state index contributed by atoms with van der Waals surface area (Å²) in [5.41, 5.74) is 2.93. The van der Waals surface area contributed by atoms with Gasteiger partial charge < -0.3 is 10.0 Å². The number of nitrogens with zero attached hydrogens (tertiary/aromatic N) is 1. The molecule has 3 heteroatoms. The summed E-state index contributed by atoms with van der Waals surface area (Å²) in [6.45, 7) is 0.806. The molecule has 2 nitrogen and oxygen atoms in total. The molecule has 0 unspecified atom stereocenters. The molecule has 0 aliphatic rings. The van der Waals surface area contributed by atoms with Gasteiger partial charge in [-0.3, -0.25) is 0 Å². The monoisotopic (exact) mass is 275 g/mol. The van der Waals surface area contributed by atoms with E-state index in [0.717, 1.165) is 23.2 Å². The average molecular weight is 276 g/mol. The summed E-state index contributed by atoms with van der Waals surface area (Å²) in [5, 5.41) is 11.2. The molecule has 0 aliphatic heterocycles.